The standard InChI is InChI=1S/C15H16BrNO5S/c1-21-5-3-4-17-14(19)13(23-15(17)20)7-9-6-12(22-2)11(18)8-10(9)16/h6-8,18H,3-5H2,1-2H3/b13-7+. The minimum atomic E-state index is -0.324. The monoisotopic (exact) mass is 401 g/mol. The molecule has 1 saturated heterocycles. The van der Waals surface area contributed by atoms with Crippen LogP contribution in [0.4, 0.5) is 4.79 Å². The van der Waals surface area contributed by atoms with E-state index < -0.39 is 0 Å². The number of ether oxygens (including phenoxy) is 2. The molecular formula is C15H16BrNO5S. The Kier molecular flexibility index (Phi) is 6.09. The average molecular weight is 402 g/mol. The highest BCUT2D eigenvalue weighted by Crippen LogP contribution is 2.37. The van der Waals surface area contributed by atoms with Gasteiger partial charge < -0.3 is 14.6 Å². The third-order valence-electron chi connectivity index (χ3n) is 3.19. The number of hydrogen-bond donors (Lipinski definition) is 1. The predicted octanol–water partition coefficient (Wildman–Crippen LogP) is 3.24. The molecule has 1 aromatic carbocycles. The van der Waals surface area contributed by atoms with Crippen LogP contribution in [0.25, 0.3) is 6.08 Å². The lowest BCUT2D eigenvalue weighted by Crippen LogP contribution is -2.29. The Labute approximate surface area is 146 Å². The van der Waals surface area contributed by atoms with Crippen molar-refractivity contribution >= 4 is 44.9 Å². The van der Waals surface area contributed by atoms with Gasteiger partial charge in [-0.2, -0.15) is 0 Å². The zero-order chi connectivity index (χ0) is 17.0. The number of nitrogens with zero attached hydrogens (tertiary/aromatic N) is 1. The highest BCUT2D eigenvalue weighted by atomic mass is 79.9. The molecule has 124 valence electrons. The number of hydrogen-bond acceptors (Lipinski definition) is 6. The number of halogens is 1. The smallest absolute Gasteiger partial charge is 0.293 e. The highest BCUT2D eigenvalue weighted by Gasteiger charge is 2.34. The number of imide groups is 1. The third-order valence-corrected chi connectivity index (χ3v) is 4.78. The molecule has 1 aliphatic rings. The molecule has 0 bridgehead atoms. The van der Waals surface area contributed by atoms with E-state index in [-0.39, 0.29) is 16.9 Å². The zero-order valence-electron chi connectivity index (χ0n) is 12.7. The van der Waals surface area contributed by atoms with Crippen LogP contribution < -0.4 is 4.74 Å². The minimum absolute atomic E-state index is 0.0100. The molecular weight excluding hydrogens is 386 g/mol. The van der Waals surface area contributed by atoms with Crippen molar-refractivity contribution in [2.24, 2.45) is 0 Å². The fraction of sp³-hybridized carbons (Fsp3) is 0.333. The van der Waals surface area contributed by atoms with Gasteiger partial charge in [0.1, 0.15) is 0 Å². The van der Waals surface area contributed by atoms with Crippen LogP contribution in [0.2, 0.25) is 0 Å². The van der Waals surface area contributed by atoms with Crippen LogP contribution in [0.3, 0.4) is 0 Å². The number of phenolic OH excluding ortho intramolecular Hbond substituents is 1. The van der Waals surface area contributed by atoms with Crippen molar-refractivity contribution in [1.29, 1.82) is 0 Å². The summed E-state index contributed by atoms with van der Waals surface area (Å²) in [6, 6.07) is 3.08. The molecule has 0 radical (unpaired) electrons. The molecule has 0 aliphatic carbocycles. The maximum atomic E-state index is 12.3. The molecule has 0 saturated carbocycles. The quantitative estimate of drug-likeness (QED) is 0.582. The van der Waals surface area contributed by atoms with Gasteiger partial charge in [-0.25, -0.2) is 0 Å². The molecule has 6 nitrogen and oxygen atoms in total. The Morgan fingerprint density at radius 3 is 2.74 bits per heavy atom. The molecule has 2 rings (SSSR count). The second-order valence-electron chi connectivity index (χ2n) is 4.73. The molecule has 1 aromatic rings. The first-order chi connectivity index (χ1) is 11.0. The summed E-state index contributed by atoms with van der Waals surface area (Å²) in [6.45, 7) is 0.817. The van der Waals surface area contributed by atoms with Crippen molar-refractivity contribution in [2.45, 2.75) is 6.42 Å². The van der Waals surface area contributed by atoms with Crippen molar-refractivity contribution in [3.8, 4) is 11.5 Å². The summed E-state index contributed by atoms with van der Waals surface area (Å²) in [5.74, 6) is -0.0435. The molecule has 2 amide bonds. The van der Waals surface area contributed by atoms with Gasteiger partial charge in [0.05, 0.1) is 12.0 Å². The molecule has 1 N–H and O–H groups in total. The summed E-state index contributed by atoms with van der Waals surface area (Å²) < 4.78 is 10.6. The van der Waals surface area contributed by atoms with E-state index in [4.69, 9.17) is 9.47 Å². The summed E-state index contributed by atoms with van der Waals surface area (Å²) in [5.41, 5.74) is 0.641. The van der Waals surface area contributed by atoms with E-state index in [1.807, 2.05) is 0 Å². The maximum Gasteiger partial charge on any atom is 0.293 e. The van der Waals surface area contributed by atoms with Crippen molar-refractivity contribution < 1.29 is 24.2 Å². The number of benzene rings is 1. The summed E-state index contributed by atoms with van der Waals surface area (Å²) >= 11 is 4.22. The van der Waals surface area contributed by atoms with Gasteiger partial charge in [-0.1, -0.05) is 15.9 Å². The van der Waals surface area contributed by atoms with Gasteiger partial charge in [-0.05, 0) is 42.0 Å². The fourth-order valence-corrected chi connectivity index (χ4v) is 3.34. The Morgan fingerprint density at radius 2 is 2.09 bits per heavy atom. The summed E-state index contributed by atoms with van der Waals surface area (Å²) in [5, 5.41) is 9.42. The molecule has 0 atom stereocenters. The first-order valence-electron chi connectivity index (χ1n) is 6.78. The topological polar surface area (TPSA) is 76.1 Å². The van der Waals surface area contributed by atoms with E-state index in [0.717, 1.165) is 11.8 Å². The summed E-state index contributed by atoms with van der Waals surface area (Å²) in [7, 11) is 3.01. The van der Waals surface area contributed by atoms with Crippen LogP contribution in [-0.4, -0.2) is 48.5 Å². The number of rotatable bonds is 6. The van der Waals surface area contributed by atoms with Gasteiger partial charge in [0.2, 0.25) is 0 Å². The van der Waals surface area contributed by atoms with Crippen LogP contribution in [0.1, 0.15) is 12.0 Å². The van der Waals surface area contributed by atoms with Gasteiger partial charge in [0, 0.05) is 24.7 Å². The zero-order valence-corrected chi connectivity index (χ0v) is 15.1. The molecule has 8 heteroatoms. The first-order valence-corrected chi connectivity index (χ1v) is 8.39. The van der Waals surface area contributed by atoms with Crippen molar-refractivity contribution in [3.63, 3.8) is 0 Å². The Balaban J connectivity index is 2.24. The number of amides is 2. The second kappa shape index (κ2) is 7.85. The van der Waals surface area contributed by atoms with Gasteiger partial charge in [-0.15, -0.1) is 0 Å². The average Bonchev–Trinajstić information content (AvgIpc) is 2.77. The summed E-state index contributed by atoms with van der Waals surface area (Å²) in [4.78, 5) is 25.8. The first kappa shape index (κ1) is 17.8. The van der Waals surface area contributed by atoms with E-state index in [1.165, 1.54) is 18.1 Å². The van der Waals surface area contributed by atoms with Gasteiger partial charge in [0.15, 0.2) is 11.5 Å². The Bertz CT molecular complexity index is 662. The molecule has 0 aromatic heterocycles. The third kappa shape index (κ3) is 4.07. The van der Waals surface area contributed by atoms with E-state index in [2.05, 4.69) is 15.9 Å². The lowest BCUT2D eigenvalue weighted by Gasteiger charge is -2.11. The molecule has 0 unspecified atom stereocenters. The van der Waals surface area contributed by atoms with Crippen LogP contribution in [0, 0.1) is 0 Å². The number of methoxy groups -OCH3 is 2. The highest BCUT2D eigenvalue weighted by molar-refractivity contribution is 9.10. The fourth-order valence-electron chi connectivity index (χ4n) is 2.03. The number of carbonyl (C=O) groups is 2. The second-order valence-corrected chi connectivity index (χ2v) is 6.57. The van der Waals surface area contributed by atoms with Crippen LogP contribution in [-0.2, 0) is 9.53 Å². The Hall–Kier alpha value is -1.51. The normalized spacial score (nSPS) is 16.5. The lowest BCUT2D eigenvalue weighted by molar-refractivity contribution is -0.122. The van der Waals surface area contributed by atoms with Crippen LogP contribution >= 0.6 is 27.7 Å². The lowest BCUT2D eigenvalue weighted by atomic mass is 10.2. The predicted molar refractivity (Wildman–Crippen MR) is 91.5 cm³/mol. The van der Waals surface area contributed by atoms with Gasteiger partial charge >= 0.3 is 0 Å². The number of thioether (sulfide) groups is 1. The van der Waals surface area contributed by atoms with Crippen LogP contribution in [0.15, 0.2) is 21.5 Å². The molecule has 23 heavy (non-hydrogen) atoms. The van der Waals surface area contributed by atoms with E-state index in [1.54, 1.807) is 19.3 Å². The molecule has 1 aliphatic heterocycles. The van der Waals surface area contributed by atoms with Gasteiger partial charge in [-0.3, -0.25) is 14.5 Å². The number of phenols is 1. The summed E-state index contributed by atoms with van der Waals surface area (Å²) in [6.07, 6.45) is 2.20. The van der Waals surface area contributed by atoms with E-state index >= 15 is 0 Å². The molecule has 1 fully saturated rings. The molecule has 0 spiro atoms. The molecule has 1 heterocycles. The minimum Gasteiger partial charge on any atom is -0.504 e. The number of aromatic hydroxyl groups is 1. The SMILES string of the molecule is COCCCN1C(=O)S/C(=C/c2cc(OC)c(O)cc2Br)C1=O. The van der Waals surface area contributed by atoms with Crippen molar-refractivity contribution in [1.82, 2.24) is 4.90 Å². The van der Waals surface area contributed by atoms with Gasteiger partial charge in [0.25, 0.3) is 11.1 Å². The van der Waals surface area contributed by atoms with E-state index in [9.17, 15) is 14.7 Å². The largest absolute Gasteiger partial charge is 0.504 e. The van der Waals surface area contributed by atoms with Crippen molar-refractivity contribution in [3.05, 3.63) is 27.1 Å². The van der Waals surface area contributed by atoms with Crippen molar-refractivity contribution in [2.75, 3.05) is 27.4 Å². The number of carbonyl (C=O) groups excluding carboxylic acids is 2. The Morgan fingerprint density at radius 1 is 1.35 bits per heavy atom. The van der Waals surface area contributed by atoms with Crippen LogP contribution in [0.5, 0.6) is 11.5 Å². The van der Waals surface area contributed by atoms with E-state index in [0.29, 0.717) is 40.3 Å². The maximum absolute atomic E-state index is 12.3.